The van der Waals surface area contributed by atoms with E-state index in [0.717, 1.165) is 11.8 Å². The molecule has 1 fully saturated rings. The van der Waals surface area contributed by atoms with Crippen LogP contribution in [0.2, 0.25) is 0 Å². The molecule has 0 aromatic heterocycles. The molecule has 0 radical (unpaired) electrons. The van der Waals surface area contributed by atoms with Gasteiger partial charge in [-0.2, -0.15) is 0 Å². The van der Waals surface area contributed by atoms with Gasteiger partial charge in [0.15, 0.2) is 0 Å². The lowest BCUT2D eigenvalue weighted by atomic mass is 9.82. The summed E-state index contributed by atoms with van der Waals surface area (Å²) in [6.45, 7) is 9.86. The second-order valence-corrected chi connectivity index (χ2v) is 4.95. The molecule has 1 heterocycles. The zero-order chi connectivity index (χ0) is 12.7. The molecule has 17 heavy (non-hydrogen) atoms. The van der Waals surface area contributed by atoms with Crippen LogP contribution in [-0.2, 0) is 0 Å². The van der Waals surface area contributed by atoms with Gasteiger partial charge in [0.2, 0.25) is 0 Å². The Morgan fingerprint density at radius 3 is 2.35 bits per heavy atom. The maximum absolute atomic E-state index is 3.62. The van der Waals surface area contributed by atoms with Crippen molar-refractivity contribution in [3.05, 3.63) is 35.9 Å². The lowest BCUT2D eigenvalue weighted by Crippen LogP contribution is -2.33. The number of hydrogen-bond acceptors (Lipinski definition) is 1. The standard InChI is InChI=1S/C14H21N.C2H6/c1-11(2)13-8-9-15-14(10-13)12-6-4-3-5-7-12;1-2/h3-7,11,13-15H,8-10H2,1-2H3;1-2H3. The molecule has 0 bridgehead atoms. The zero-order valence-corrected chi connectivity index (χ0v) is 11.7. The fraction of sp³-hybridized carbons (Fsp3) is 0.625. The normalized spacial score (nSPS) is 24.1. The first-order valence-corrected chi connectivity index (χ1v) is 7.05. The highest BCUT2D eigenvalue weighted by molar-refractivity contribution is 5.19. The smallest absolute Gasteiger partial charge is 0.0322 e. The fourth-order valence-electron chi connectivity index (χ4n) is 2.49. The Kier molecular flexibility index (Phi) is 6.28. The monoisotopic (exact) mass is 233 g/mol. The third kappa shape index (κ3) is 4.16. The Hall–Kier alpha value is -0.820. The minimum Gasteiger partial charge on any atom is -0.310 e. The van der Waals surface area contributed by atoms with Crippen LogP contribution in [0.4, 0.5) is 0 Å². The van der Waals surface area contributed by atoms with Gasteiger partial charge < -0.3 is 5.32 Å². The Morgan fingerprint density at radius 1 is 1.12 bits per heavy atom. The summed E-state index contributed by atoms with van der Waals surface area (Å²) in [5.74, 6) is 1.70. The van der Waals surface area contributed by atoms with E-state index in [1.165, 1.54) is 24.9 Å². The van der Waals surface area contributed by atoms with Gasteiger partial charge in [-0.25, -0.2) is 0 Å². The maximum Gasteiger partial charge on any atom is 0.0322 e. The van der Waals surface area contributed by atoms with E-state index in [4.69, 9.17) is 0 Å². The van der Waals surface area contributed by atoms with E-state index in [9.17, 15) is 0 Å². The van der Waals surface area contributed by atoms with Gasteiger partial charge >= 0.3 is 0 Å². The van der Waals surface area contributed by atoms with E-state index in [-0.39, 0.29) is 0 Å². The predicted molar refractivity (Wildman–Crippen MR) is 76.1 cm³/mol. The second kappa shape index (κ2) is 7.50. The van der Waals surface area contributed by atoms with E-state index in [0.29, 0.717) is 6.04 Å². The third-order valence-electron chi connectivity index (χ3n) is 3.59. The summed E-state index contributed by atoms with van der Waals surface area (Å²) in [6.07, 6.45) is 2.63. The lowest BCUT2D eigenvalue weighted by Gasteiger charge is -2.33. The molecular formula is C16H27N. The van der Waals surface area contributed by atoms with Crippen LogP contribution in [0.25, 0.3) is 0 Å². The van der Waals surface area contributed by atoms with Crippen molar-refractivity contribution in [2.45, 2.75) is 46.6 Å². The molecule has 0 aliphatic carbocycles. The van der Waals surface area contributed by atoms with Crippen molar-refractivity contribution in [2.24, 2.45) is 11.8 Å². The van der Waals surface area contributed by atoms with Crippen molar-refractivity contribution in [1.82, 2.24) is 5.32 Å². The molecule has 2 atom stereocenters. The maximum atomic E-state index is 3.62. The van der Waals surface area contributed by atoms with Crippen molar-refractivity contribution in [3.63, 3.8) is 0 Å². The Morgan fingerprint density at radius 2 is 1.76 bits per heavy atom. The number of piperidine rings is 1. The molecule has 2 unspecified atom stereocenters. The highest BCUT2D eigenvalue weighted by Crippen LogP contribution is 2.31. The predicted octanol–water partition coefficient (Wildman–Crippen LogP) is 4.41. The Labute approximate surface area is 107 Å². The van der Waals surface area contributed by atoms with E-state index in [1.54, 1.807) is 0 Å². The number of hydrogen-bond donors (Lipinski definition) is 1. The summed E-state index contributed by atoms with van der Waals surface area (Å²) < 4.78 is 0. The van der Waals surface area contributed by atoms with Crippen molar-refractivity contribution in [1.29, 1.82) is 0 Å². The first kappa shape index (κ1) is 14.2. The highest BCUT2D eigenvalue weighted by Gasteiger charge is 2.24. The van der Waals surface area contributed by atoms with Crippen LogP contribution in [0.3, 0.4) is 0 Å². The van der Waals surface area contributed by atoms with E-state index >= 15 is 0 Å². The van der Waals surface area contributed by atoms with E-state index < -0.39 is 0 Å². The molecule has 1 aromatic carbocycles. The van der Waals surface area contributed by atoms with Gasteiger partial charge in [-0.15, -0.1) is 0 Å². The summed E-state index contributed by atoms with van der Waals surface area (Å²) in [7, 11) is 0. The summed E-state index contributed by atoms with van der Waals surface area (Å²) in [5, 5.41) is 3.62. The molecule has 1 N–H and O–H groups in total. The molecule has 1 aromatic rings. The topological polar surface area (TPSA) is 12.0 Å². The summed E-state index contributed by atoms with van der Waals surface area (Å²) in [6, 6.07) is 11.4. The van der Waals surface area contributed by atoms with Gasteiger partial charge in [-0.1, -0.05) is 58.0 Å². The summed E-state index contributed by atoms with van der Waals surface area (Å²) in [5.41, 5.74) is 1.45. The molecule has 0 saturated carbocycles. The van der Waals surface area contributed by atoms with Crippen molar-refractivity contribution < 1.29 is 0 Å². The molecule has 0 spiro atoms. The average molecular weight is 233 g/mol. The fourth-order valence-corrected chi connectivity index (χ4v) is 2.49. The van der Waals surface area contributed by atoms with Crippen LogP contribution in [-0.4, -0.2) is 6.54 Å². The van der Waals surface area contributed by atoms with Gasteiger partial charge in [0.25, 0.3) is 0 Å². The Bertz CT molecular complexity index is 292. The second-order valence-electron chi connectivity index (χ2n) is 4.95. The van der Waals surface area contributed by atoms with Gasteiger partial charge in [0, 0.05) is 6.04 Å². The molecule has 2 rings (SSSR count). The molecular weight excluding hydrogens is 206 g/mol. The number of benzene rings is 1. The van der Waals surface area contributed by atoms with Gasteiger partial charge in [-0.3, -0.25) is 0 Å². The van der Waals surface area contributed by atoms with Crippen LogP contribution in [0.1, 0.15) is 52.1 Å². The minimum atomic E-state index is 0.576. The van der Waals surface area contributed by atoms with Crippen LogP contribution >= 0.6 is 0 Å². The third-order valence-corrected chi connectivity index (χ3v) is 3.59. The molecule has 1 saturated heterocycles. The molecule has 0 amide bonds. The van der Waals surface area contributed by atoms with Crippen LogP contribution < -0.4 is 5.32 Å². The average Bonchev–Trinajstić information content (AvgIpc) is 2.42. The quantitative estimate of drug-likeness (QED) is 0.798. The molecule has 1 aliphatic rings. The van der Waals surface area contributed by atoms with E-state index in [2.05, 4.69) is 49.5 Å². The zero-order valence-electron chi connectivity index (χ0n) is 11.7. The molecule has 1 aliphatic heterocycles. The van der Waals surface area contributed by atoms with Gasteiger partial charge in [0.1, 0.15) is 0 Å². The van der Waals surface area contributed by atoms with Crippen LogP contribution in [0.15, 0.2) is 30.3 Å². The van der Waals surface area contributed by atoms with Crippen molar-refractivity contribution in [2.75, 3.05) is 6.54 Å². The molecule has 1 nitrogen and oxygen atoms in total. The minimum absolute atomic E-state index is 0.576. The van der Waals surface area contributed by atoms with Crippen molar-refractivity contribution in [3.8, 4) is 0 Å². The first-order valence-electron chi connectivity index (χ1n) is 7.05. The SMILES string of the molecule is CC.CC(C)C1CCNC(c2ccccc2)C1. The van der Waals surface area contributed by atoms with Crippen molar-refractivity contribution >= 4 is 0 Å². The van der Waals surface area contributed by atoms with Gasteiger partial charge in [0.05, 0.1) is 0 Å². The molecule has 96 valence electrons. The summed E-state index contributed by atoms with van der Waals surface area (Å²) >= 11 is 0. The van der Waals surface area contributed by atoms with Crippen LogP contribution in [0.5, 0.6) is 0 Å². The number of rotatable bonds is 2. The van der Waals surface area contributed by atoms with E-state index in [1.807, 2.05) is 13.8 Å². The molecule has 1 heteroatoms. The Balaban J connectivity index is 0.000000686. The first-order chi connectivity index (χ1) is 8.27. The lowest BCUT2D eigenvalue weighted by molar-refractivity contribution is 0.245. The number of nitrogens with one attached hydrogen (secondary N) is 1. The van der Waals surface area contributed by atoms with Gasteiger partial charge in [-0.05, 0) is 36.8 Å². The summed E-state index contributed by atoms with van der Waals surface area (Å²) in [4.78, 5) is 0. The highest BCUT2D eigenvalue weighted by atomic mass is 14.9. The van der Waals surface area contributed by atoms with Crippen LogP contribution in [0, 0.1) is 11.8 Å². The largest absolute Gasteiger partial charge is 0.310 e.